The lowest BCUT2D eigenvalue weighted by Gasteiger charge is -2.13. The summed E-state index contributed by atoms with van der Waals surface area (Å²) in [4.78, 5) is 24.4. The van der Waals surface area contributed by atoms with Crippen molar-refractivity contribution in [1.82, 2.24) is 4.57 Å². The van der Waals surface area contributed by atoms with Crippen molar-refractivity contribution in [2.75, 3.05) is 11.9 Å². The van der Waals surface area contributed by atoms with Gasteiger partial charge in [-0.1, -0.05) is 30.3 Å². The fourth-order valence-electron chi connectivity index (χ4n) is 2.79. The zero-order valence-electron chi connectivity index (χ0n) is 14.3. The molecule has 5 heteroatoms. The van der Waals surface area contributed by atoms with E-state index in [1.54, 1.807) is 4.57 Å². The van der Waals surface area contributed by atoms with Crippen LogP contribution >= 0.6 is 0 Å². The Bertz CT molecular complexity index is 976. The van der Waals surface area contributed by atoms with Gasteiger partial charge in [-0.15, -0.1) is 0 Å². The molecule has 5 nitrogen and oxygen atoms in total. The predicted molar refractivity (Wildman–Crippen MR) is 99.2 cm³/mol. The lowest BCUT2D eigenvalue weighted by Crippen LogP contribution is -2.23. The summed E-state index contributed by atoms with van der Waals surface area (Å²) in [6, 6.07) is 16.5. The first kappa shape index (κ1) is 16.8. The topological polar surface area (TPSA) is 60.3 Å². The van der Waals surface area contributed by atoms with Crippen molar-refractivity contribution in [2.24, 2.45) is 0 Å². The van der Waals surface area contributed by atoms with Crippen molar-refractivity contribution in [3.8, 4) is 5.75 Å². The fourth-order valence-corrected chi connectivity index (χ4v) is 2.79. The van der Waals surface area contributed by atoms with Crippen LogP contribution in [0.1, 0.15) is 12.5 Å². The summed E-state index contributed by atoms with van der Waals surface area (Å²) >= 11 is 0. The Morgan fingerprint density at radius 2 is 1.84 bits per heavy atom. The van der Waals surface area contributed by atoms with E-state index in [0.717, 1.165) is 22.2 Å². The molecule has 0 bridgehead atoms. The van der Waals surface area contributed by atoms with E-state index >= 15 is 0 Å². The number of rotatable bonds is 5. The van der Waals surface area contributed by atoms with Crippen LogP contribution in [0.15, 0.2) is 59.4 Å². The summed E-state index contributed by atoms with van der Waals surface area (Å²) < 4.78 is 7.32. The van der Waals surface area contributed by atoms with Crippen molar-refractivity contribution in [2.45, 2.75) is 20.4 Å². The lowest BCUT2D eigenvalue weighted by atomic mass is 10.2. The van der Waals surface area contributed by atoms with Crippen LogP contribution in [-0.2, 0) is 11.3 Å². The molecule has 1 heterocycles. The molecule has 0 aliphatic rings. The van der Waals surface area contributed by atoms with Gasteiger partial charge in [0.05, 0.1) is 5.52 Å². The lowest BCUT2D eigenvalue weighted by molar-refractivity contribution is -0.118. The summed E-state index contributed by atoms with van der Waals surface area (Å²) in [5, 5.41) is 3.63. The van der Waals surface area contributed by atoms with Gasteiger partial charge in [0.2, 0.25) is 0 Å². The van der Waals surface area contributed by atoms with Crippen LogP contribution < -0.4 is 15.6 Å². The molecule has 3 aromatic rings. The van der Waals surface area contributed by atoms with E-state index in [-0.39, 0.29) is 18.1 Å². The van der Waals surface area contributed by atoms with E-state index in [2.05, 4.69) is 5.32 Å². The maximum Gasteiger partial charge on any atom is 0.262 e. The van der Waals surface area contributed by atoms with Crippen LogP contribution in [-0.4, -0.2) is 17.1 Å². The SMILES string of the molecule is CCn1c(=O)cc(OCC(=O)Nc2ccccc2C)c2ccccc21. The first-order valence-electron chi connectivity index (χ1n) is 8.21. The number of amides is 1. The van der Waals surface area contributed by atoms with Gasteiger partial charge in [-0.2, -0.15) is 0 Å². The molecule has 25 heavy (non-hydrogen) atoms. The van der Waals surface area contributed by atoms with Gasteiger partial charge in [0.1, 0.15) is 5.75 Å². The molecule has 1 aromatic heterocycles. The summed E-state index contributed by atoms with van der Waals surface area (Å²) in [5.41, 5.74) is 2.39. The molecule has 0 radical (unpaired) electrons. The minimum Gasteiger partial charge on any atom is -0.483 e. The normalized spacial score (nSPS) is 10.6. The fraction of sp³-hybridized carbons (Fsp3) is 0.200. The molecule has 1 amide bonds. The molecule has 1 N–H and O–H groups in total. The average Bonchev–Trinajstić information content (AvgIpc) is 2.62. The van der Waals surface area contributed by atoms with Gasteiger partial charge in [-0.05, 0) is 37.6 Å². The van der Waals surface area contributed by atoms with Crippen LogP contribution in [0.4, 0.5) is 5.69 Å². The van der Waals surface area contributed by atoms with Crippen molar-refractivity contribution in [3.05, 3.63) is 70.5 Å². The third-order valence-electron chi connectivity index (χ3n) is 4.08. The van der Waals surface area contributed by atoms with Crippen LogP contribution in [0.25, 0.3) is 10.9 Å². The third kappa shape index (κ3) is 3.55. The molecule has 0 saturated carbocycles. The Kier molecular flexibility index (Phi) is 4.84. The largest absolute Gasteiger partial charge is 0.483 e. The monoisotopic (exact) mass is 336 g/mol. The number of carbonyl (C=O) groups is 1. The Morgan fingerprint density at radius 3 is 2.60 bits per heavy atom. The smallest absolute Gasteiger partial charge is 0.262 e. The van der Waals surface area contributed by atoms with Crippen molar-refractivity contribution >= 4 is 22.5 Å². The zero-order chi connectivity index (χ0) is 17.8. The molecule has 0 fully saturated rings. The highest BCUT2D eigenvalue weighted by molar-refractivity contribution is 5.93. The number of hydrogen-bond donors (Lipinski definition) is 1. The number of nitrogens with one attached hydrogen (secondary N) is 1. The van der Waals surface area contributed by atoms with Gasteiger partial charge >= 0.3 is 0 Å². The highest BCUT2D eigenvalue weighted by atomic mass is 16.5. The molecule has 2 aromatic carbocycles. The predicted octanol–water partition coefficient (Wildman–Crippen LogP) is 3.35. The second-order valence-corrected chi connectivity index (χ2v) is 5.76. The number of aromatic nitrogens is 1. The van der Waals surface area contributed by atoms with E-state index in [1.165, 1.54) is 6.07 Å². The average molecular weight is 336 g/mol. The molecule has 0 saturated heterocycles. The van der Waals surface area contributed by atoms with Gasteiger partial charge in [-0.25, -0.2) is 0 Å². The number of carbonyl (C=O) groups excluding carboxylic acids is 1. The molecular weight excluding hydrogens is 316 g/mol. The first-order chi connectivity index (χ1) is 12.1. The van der Waals surface area contributed by atoms with E-state index in [0.29, 0.717) is 12.3 Å². The summed E-state index contributed by atoms with van der Waals surface area (Å²) in [6.45, 7) is 4.26. The molecule has 0 spiro atoms. The molecule has 3 rings (SSSR count). The van der Waals surface area contributed by atoms with Gasteiger partial charge in [0, 0.05) is 23.7 Å². The first-order valence-corrected chi connectivity index (χ1v) is 8.21. The number of nitrogens with zero attached hydrogens (tertiary/aromatic N) is 1. The van der Waals surface area contributed by atoms with Crippen LogP contribution in [0.3, 0.4) is 0 Å². The van der Waals surface area contributed by atoms with E-state index in [4.69, 9.17) is 4.74 Å². The Labute approximate surface area is 145 Å². The van der Waals surface area contributed by atoms with Crippen molar-refractivity contribution < 1.29 is 9.53 Å². The Morgan fingerprint density at radius 1 is 1.12 bits per heavy atom. The van der Waals surface area contributed by atoms with Crippen molar-refractivity contribution in [1.29, 1.82) is 0 Å². The minimum absolute atomic E-state index is 0.143. The molecule has 0 unspecified atom stereocenters. The number of ether oxygens (including phenoxy) is 1. The number of aryl methyl sites for hydroxylation is 2. The molecule has 128 valence electrons. The van der Waals surface area contributed by atoms with Crippen LogP contribution in [0.5, 0.6) is 5.75 Å². The number of para-hydroxylation sites is 2. The van der Waals surface area contributed by atoms with E-state index in [1.807, 2.05) is 62.4 Å². The molecule has 0 aliphatic carbocycles. The number of hydrogen-bond acceptors (Lipinski definition) is 3. The van der Waals surface area contributed by atoms with E-state index < -0.39 is 0 Å². The van der Waals surface area contributed by atoms with Crippen LogP contribution in [0, 0.1) is 6.92 Å². The quantitative estimate of drug-likeness (QED) is 0.777. The maximum atomic E-state index is 12.2. The maximum absolute atomic E-state index is 12.2. The van der Waals surface area contributed by atoms with Gasteiger partial charge in [0.15, 0.2) is 6.61 Å². The number of benzene rings is 2. The van der Waals surface area contributed by atoms with Gasteiger partial charge in [-0.3, -0.25) is 9.59 Å². The Balaban J connectivity index is 1.81. The highest BCUT2D eigenvalue weighted by Crippen LogP contribution is 2.23. The second kappa shape index (κ2) is 7.21. The van der Waals surface area contributed by atoms with Gasteiger partial charge < -0.3 is 14.6 Å². The second-order valence-electron chi connectivity index (χ2n) is 5.76. The van der Waals surface area contributed by atoms with Crippen molar-refractivity contribution in [3.63, 3.8) is 0 Å². The summed E-state index contributed by atoms with van der Waals surface area (Å²) in [7, 11) is 0. The molecular formula is C20H20N2O3. The molecule has 0 aliphatic heterocycles. The Hall–Kier alpha value is -3.08. The summed E-state index contributed by atoms with van der Waals surface area (Å²) in [5.74, 6) is 0.156. The van der Waals surface area contributed by atoms with E-state index in [9.17, 15) is 9.59 Å². The van der Waals surface area contributed by atoms with Gasteiger partial charge in [0.25, 0.3) is 11.5 Å². The molecule has 0 atom stereocenters. The summed E-state index contributed by atoms with van der Waals surface area (Å²) in [6.07, 6.45) is 0. The minimum atomic E-state index is -0.266. The zero-order valence-corrected chi connectivity index (χ0v) is 14.3. The number of fused-ring (bicyclic) bond motifs is 1. The highest BCUT2D eigenvalue weighted by Gasteiger charge is 2.11. The van der Waals surface area contributed by atoms with Crippen LogP contribution in [0.2, 0.25) is 0 Å². The number of anilines is 1. The standard InChI is InChI=1S/C20H20N2O3/c1-3-22-17-11-7-5-9-15(17)18(12-20(22)24)25-13-19(23)21-16-10-6-4-8-14(16)2/h4-12H,3,13H2,1-2H3,(H,21,23). The number of pyridine rings is 1. The third-order valence-corrected chi connectivity index (χ3v) is 4.08.